The number of hydrogen-bond acceptors (Lipinski definition) is 1. The van der Waals surface area contributed by atoms with Crippen molar-refractivity contribution in [2.75, 3.05) is 0 Å². The first kappa shape index (κ1) is 15.3. The van der Waals surface area contributed by atoms with Gasteiger partial charge in [-0.2, -0.15) is 26.3 Å². The maximum absolute atomic E-state index is 12.8. The number of hydrogen-bond donors (Lipinski definition) is 1. The summed E-state index contributed by atoms with van der Waals surface area (Å²) in [6.45, 7) is 0.896. The zero-order chi connectivity index (χ0) is 15.0. The Bertz CT molecular complexity index is 489. The van der Waals surface area contributed by atoms with E-state index in [0.717, 1.165) is 19.1 Å². The van der Waals surface area contributed by atoms with Crippen LogP contribution >= 0.6 is 0 Å². The summed E-state index contributed by atoms with van der Waals surface area (Å²) in [5, 5.41) is 8.67. The SMILES string of the molecule is CC(C(=O)O)c1cccc(C(F)(F)F)c1C(F)(F)F. The first-order chi connectivity index (χ1) is 8.46. The molecule has 0 aliphatic heterocycles. The number of carboxylic acid groups (broad SMARTS) is 1. The molecule has 19 heavy (non-hydrogen) atoms. The van der Waals surface area contributed by atoms with Crippen LogP contribution in [0.1, 0.15) is 29.5 Å². The molecule has 0 bridgehead atoms. The van der Waals surface area contributed by atoms with E-state index in [0.29, 0.717) is 0 Å². The molecule has 1 aromatic rings. The molecule has 2 nitrogen and oxygen atoms in total. The molecule has 0 aliphatic carbocycles. The molecule has 0 aromatic heterocycles. The van der Waals surface area contributed by atoms with E-state index in [1.54, 1.807) is 0 Å². The van der Waals surface area contributed by atoms with Gasteiger partial charge in [0.25, 0.3) is 0 Å². The van der Waals surface area contributed by atoms with Crippen LogP contribution in [-0.4, -0.2) is 11.1 Å². The zero-order valence-corrected chi connectivity index (χ0v) is 9.43. The summed E-state index contributed by atoms with van der Waals surface area (Å²) in [6, 6.07) is 1.77. The lowest BCUT2D eigenvalue weighted by Gasteiger charge is -2.20. The summed E-state index contributed by atoms with van der Waals surface area (Å²) < 4.78 is 76.0. The van der Waals surface area contributed by atoms with Gasteiger partial charge < -0.3 is 5.11 Å². The highest BCUT2D eigenvalue weighted by Gasteiger charge is 2.45. The highest BCUT2D eigenvalue weighted by molar-refractivity contribution is 5.76. The fourth-order valence-corrected chi connectivity index (χ4v) is 1.62. The number of halogens is 6. The Morgan fingerprint density at radius 3 is 2.00 bits per heavy atom. The van der Waals surface area contributed by atoms with Crippen LogP contribution < -0.4 is 0 Å². The Morgan fingerprint density at radius 1 is 1.11 bits per heavy atom. The topological polar surface area (TPSA) is 37.3 Å². The molecule has 0 heterocycles. The normalized spacial score (nSPS) is 14.3. The van der Waals surface area contributed by atoms with Crippen LogP contribution in [0, 0.1) is 0 Å². The quantitative estimate of drug-likeness (QED) is 0.837. The molecular formula is C11H8F6O2. The second kappa shape index (κ2) is 4.75. The summed E-state index contributed by atoms with van der Waals surface area (Å²) in [6.07, 6.45) is -10.5. The molecule has 1 N–H and O–H groups in total. The van der Waals surface area contributed by atoms with Crippen molar-refractivity contribution in [2.24, 2.45) is 0 Å². The number of alkyl halides is 6. The second-order valence-corrected chi connectivity index (χ2v) is 3.83. The van der Waals surface area contributed by atoms with Gasteiger partial charge in [0, 0.05) is 0 Å². The first-order valence-electron chi connectivity index (χ1n) is 4.96. The minimum absolute atomic E-state index is 0.279. The maximum atomic E-state index is 12.8. The predicted octanol–water partition coefficient (Wildman–Crippen LogP) is 3.91. The number of aliphatic carboxylic acids is 1. The van der Waals surface area contributed by atoms with Crippen molar-refractivity contribution in [1.29, 1.82) is 0 Å². The predicted molar refractivity (Wildman–Crippen MR) is 52.5 cm³/mol. The lowest BCUT2D eigenvalue weighted by Crippen LogP contribution is -2.21. The average molecular weight is 286 g/mol. The van der Waals surface area contributed by atoms with E-state index < -0.39 is 40.9 Å². The Kier molecular flexibility index (Phi) is 3.83. The molecule has 106 valence electrons. The zero-order valence-electron chi connectivity index (χ0n) is 9.43. The van der Waals surface area contributed by atoms with Gasteiger partial charge in [-0.15, -0.1) is 0 Å². The van der Waals surface area contributed by atoms with Gasteiger partial charge in [-0.05, 0) is 18.6 Å². The smallest absolute Gasteiger partial charge is 0.417 e. The Morgan fingerprint density at radius 2 is 1.63 bits per heavy atom. The highest BCUT2D eigenvalue weighted by Crippen LogP contribution is 2.43. The Hall–Kier alpha value is -1.73. The van der Waals surface area contributed by atoms with Crippen LogP contribution in [0.5, 0.6) is 0 Å². The van der Waals surface area contributed by atoms with E-state index in [2.05, 4.69) is 0 Å². The number of carboxylic acids is 1. The minimum Gasteiger partial charge on any atom is -0.481 e. The second-order valence-electron chi connectivity index (χ2n) is 3.83. The molecule has 0 radical (unpaired) electrons. The van der Waals surface area contributed by atoms with Crippen molar-refractivity contribution in [2.45, 2.75) is 25.2 Å². The number of rotatable bonds is 2. The van der Waals surface area contributed by atoms with Gasteiger partial charge in [-0.25, -0.2) is 0 Å². The minimum atomic E-state index is -5.29. The monoisotopic (exact) mass is 286 g/mol. The molecule has 0 fully saturated rings. The van der Waals surface area contributed by atoms with Gasteiger partial charge in [0.1, 0.15) is 0 Å². The van der Waals surface area contributed by atoms with E-state index in [-0.39, 0.29) is 6.07 Å². The molecule has 1 atom stereocenters. The summed E-state index contributed by atoms with van der Waals surface area (Å²) in [5.41, 5.74) is -4.74. The fourth-order valence-electron chi connectivity index (χ4n) is 1.62. The van der Waals surface area contributed by atoms with Crippen molar-refractivity contribution < 1.29 is 36.2 Å². The molecule has 0 aliphatic rings. The van der Waals surface area contributed by atoms with E-state index in [1.165, 1.54) is 0 Å². The summed E-state index contributed by atoms with van der Waals surface area (Å²) >= 11 is 0. The van der Waals surface area contributed by atoms with Crippen LogP contribution in [-0.2, 0) is 17.1 Å². The van der Waals surface area contributed by atoms with E-state index in [1.807, 2.05) is 0 Å². The molecule has 1 aromatic carbocycles. The van der Waals surface area contributed by atoms with Gasteiger partial charge in [0.2, 0.25) is 0 Å². The third-order valence-electron chi connectivity index (χ3n) is 2.52. The molecule has 0 saturated carbocycles. The third-order valence-corrected chi connectivity index (χ3v) is 2.52. The summed E-state index contributed by atoms with van der Waals surface area (Å²) in [7, 11) is 0. The molecule has 0 spiro atoms. The van der Waals surface area contributed by atoms with Crippen LogP contribution in [0.3, 0.4) is 0 Å². The van der Waals surface area contributed by atoms with Crippen LogP contribution in [0.4, 0.5) is 26.3 Å². The van der Waals surface area contributed by atoms with Gasteiger partial charge in [0.05, 0.1) is 17.0 Å². The van der Waals surface area contributed by atoms with Gasteiger partial charge in [-0.3, -0.25) is 4.79 Å². The number of benzene rings is 1. The van der Waals surface area contributed by atoms with Crippen molar-refractivity contribution >= 4 is 5.97 Å². The largest absolute Gasteiger partial charge is 0.481 e. The van der Waals surface area contributed by atoms with Gasteiger partial charge in [-0.1, -0.05) is 12.1 Å². The van der Waals surface area contributed by atoms with Crippen molar-refractivity contribution in [3.8, 4) is 0 Å². The summed E-state index contributed by atoms with van der Waals surface area (Å²) in [5.74, 6) is -3.33. The average Bonchev–Trinajstić information content (AvgIpc) is 2.24. The molecule has 1 unspecified atom stereocenters. The summed E-state index contributed by atoms with van der Waals surface area (Å²) in [4.78, 5) is 10.7. The van der Waals surface area contributed by atoms with Crippen molar-refractivity contribution in [1.82, 2.24) is 0 Å². The van der Waals surface area contributed by atoms with E-state index in [9.17, 15) is 31.1 Å². The lowest BCUT2D eigenvalue weighted by molar-refractivity contribution is -0.163. The number of carbonyl (C=O) groups is 1. The molecule has 0 saturated heterocycles. The van der Waals surface area contributed by atoms with Crippen LogP contribution in [0.25, 0.3) is 0 Å². The Balaban J connectivity index is 3.62. The van der Waals surface area contributed by atoms with Gasteiger partial charge >= 0.3 is 18.3 Å². The molecule has 1 rings (SSSR count). The highest BCUT2D eigenvalue weighted by atomic mass is 19.4. The third kappa shape index (κ3) is 3.18. The molecular weight excluding hydrogens is 278 g/mol. The lowest BCUT2D eigenvalue weighted by atomic mass is 9.91. The standard InChI is InChI=1S/C11H8F6O2/c1-5(9(18)19)6-3-2-4-7(10(12,13)14)8(6)11(15,16)17/h2-5H,1H3,(H,18,19). The Labute approximate surface area is 103 Å². The van der Waals surface area contributed by atoms with Crippen LogP contribution in [0.15, 0.2) is 18.2 Å². The van der Waals surface area contributed by atoms with E-state index >= 15 is 0 Å². The van der Waals surface area contributed by atoms with Crippen molar-refractivity contribution in [3.05, 3.63) is 34.9 Å². The van der Waals surface area contributed by atoms with Crippen LogP contribution in [0.2, 0.25) is 0 Å². The maximum Gasteiger partial charge on any atom is 0.417 e. The molecule has 8 heteroatoms. The first-order valence-corrected chi connectivity index (χ1v) is 4.96. The van der Waals surface area contributed by atoms with Crippen molar-refractivity contribution in [3.63, 3.8) is 0 Å². The molecule has 0 amide bonds. The van der Waals surface area contributed by atoms with Gasteiger partial charge in [0.15, 0.2) is 0 Å². The van der Waals surface area contributed by atoms with E-state index in [4.69, 9.17) is 5.11 Å². The fraction of sp³-hybridized carbons (Fsp3) is 0.364.